The number of nitrogens with zero attached hydrogens (tertiary/aromatic N) is 2. The highest BCUT2D eigenvalue weighted by molar-refractivity contribution is 6.31. The number of aliphatic hydroxyl groups excluding tert-OH is 1. The van der Waals surface area contributed by atoms with Gasteiger partial charge in [-0.25, -0.2) is 9.97 Å². The van der Waals surface area contributed by atoms with Crippen molar-refractivity contribution in [1.82, 2.24) is 9.97 Å². The predicted molar refractivity (Wildman–Crippen MR) is 142 cm³/mol. The summed E-state index contributed by atoms with van der Waals surface area (Å²) in [5.41, 5.74) is 9.39. The molecular weight excluding hydrogens is 454 g/mol. The summed E-state index contributed by atoms with van der Waals surface area (Å²) >= 11 is 6.58. The molecule has 0 aliphatic heterocycles. The van der Waals surface area contributed by atoms with E-state index in [9.17, 15) is 5.11 Å². The molecule has 2 N–H and O–H groups in total. The Morgan fingerprint density at radius 1 is 0.914 bits per heavy atom. The van der Waals surface area contributed by atoms with Crippen LogP contribution in [0.5, 0.6) is 0 Å². The third-order valence-electron chi connectivity index (χ3n) is 7.11. The van der Waals surface area contributed by atoms with Crippen molar-refractivity contribution in [3.63, 3.8) is 0 Å². The van der Waals surface area contributed by atoms with E-state index in [1.807, 2.05) is 30.5 Å². The van der Waals surface area contributed by atoms with Crippen LogP contribution in [-0.4, -0.2) is 27.7 Å². The lowest BCUT2D eigenvalue weighted by Gasteiger charge is -2.28. The standard InChI is InChI=1S/C30H26ClN3O/c31-28-12-6-5-10-25(28)27-16-21-17-32-30(34-29(21)26-11-4-3-9-24(26)27)33-22(18-35)15-20-14-13-19-7-1-2-8-23(19)20/h1-12,14,17,22,27,35H,13,15-16,18H2,(H,32,33,34). The molecule has 1 heterocycles. The first-order chi connectivity index (χ1) is 17.2. The lowest BCUT2D eigenvalue weighted by atomic mass is 9.78. The molecule has 3 aromatic carbocycles. The third-order valence-corrected chi connectivity index (χ3v) is 7.46. The number of rotatable bonds is 6. The molecule has 0 saturated heterocycles. The number of allylic oxidation sites excluding steroid dienone is 1. The van der Waals surface area contributed by atoms with Gasteiger partial charge in [0.25, 0.3) is 0 Å². The highest BCUT2D eigenvalue weighted by atomic mass is 35.5. The third kappa shape index (κ3) is 4.13. The molecule has 4 nitrogen and oxygen atoms in total. The average molecular weight is 480 g/mol. The van der Waals surface area contributed by atoms with E-state index in [4.69, 9.17) is 16.6 Å². The van der Waals surface area contributed by atoms with Crippen LogP contribution in [0.3, 0.4) is 0 Å². The number of nitrogens with one attached hydrogen (secondary N) is 1. The molecule has 6 rings (SSSR count). The topological polar surface area (TPSA) is 58.0 Å². The number of aromatic nitrogens is 2. The quantitative estimate of drug-likeness (QED) is 0.341. The van der Waals surface area contributed by atoms with Gasteiger partial charge >= 0.3 is 0 Å². The monoisotopic (exact) mass is 479 g/mol. The molecule has 0 bridgehead atoms. The number of benzene rings is 3. The number of aliphatic hydroxyl groups is 1. The van der Waals surface area contributed by atoms with Crippen molar-refractivity contribution in [3.05, 3.63) is 118 Å². The van der Waals surface area contributed by atoms with Crippen LogP contribution >= 0.6 is 11.6 Å². The fraction of sp³-hybridized carbons (Fsp3) is 0.200. The Kier molecular flexibility index (Phi) is 5.85. The molecule has 2 atom stereocenters. The fourth-order valence-electron chi connectivity index (χ4n) is 5.40. The molecule has 174 valence electrons. The maximum absolute atomic E-state index is 10.1. The number of halogens is 1. The first-order valence-electron chi connectivity index (χ1n) is 12.1. The van der Waals surface area contributed by atoms with Crippen molar-refractivity contribution in [1.29, 1.82) is 0 Å². The van der Waals surface area contributed by atoms with E-state index in [-0.39, 0.29) is 18.6 Å². The van der Waals surface area contributed by atoms with Crippen molar-refractivity contribution >= 4 is 23.1 Å². The SMILES string of the molecule is OCC(CC1=CCc2ccccc21)Nc1ncc2c(n1)-c1ccccc1C(c1ccccc1Cl)C2. The van der Waals surface area contributed by atoms with Crippen LogP contribution in [0.2, 0.25) is 5.02 Å². The summed E-state index contributed by atoms with van der Waals surface area (Å²) in [6, 6.07) is 24.8. The van der Waals surface area contributed by atoms with Gasteiger partial charge < -0.3 is 10.4 Å². The van der Waals surface area contributed by atoms with Crippen LogP contribution in [0.1, 0.15) is 40.2 Å². The van der Waals surface area contributed by atoms with Crippen LogP contribution in [0, 0.1) is 0 Å². The van der Waals surface area contributed by atoms with E-state index < -0.39 is 0 Å². The van der Waals surface area contributed by atoms with Crippen molar-refractivity contribution in [3.8, 4) is 11.3 Å². The van der Waals surface area contributed by atoms with Crippen molar-refractivity contribution < 1.29 is 5.11 Å². The van der Waals surface area contributed by atoms with Crippen molar-refractivity contribution in [2.75, 3.05) is 11.9 Å². The second-order valence-electron chi connectivity index (χ2n) is 9.25. The molecule has 0 spiro atoms. The minimum Gasteiger partial charge on any atom is -0.394 e. The molecule has 2 unspecified atom stereocenters. The maximum atomic E-state index is 10.1. The van der Waals surface area contributed by atoms with Gasteiger partial charge in [0, 0.05) is 22.7 Å². The Morgan fingerprint density at radius 3 is 2.49 bits per heavy atom. The van der Waals surface area contributed by atoms with Crippen LogP contribution < -0.4 is 5.32 Å². The summed E-state index contributed by atoms with van der Waals surface area (Å²) < 4.78 is 0. The summed E-state index contributed by atoms with van der Waals surface area (Å²) in [4.78, 5) is 9.56. The summed E-state index contributed by atoms with van der Waals surface area (Å²) in [5, 5.41) is 14.3. The molecule has 4 aromatic rings. The average Bonchev–Trinajstić information content (AvgIpc) is 3.31. The van der Waals surface area contributed by atoms with Gasteiger partial charge in [-0.15, -0.1) is 0 Å². The van der Waals surface area contributed by atoms with Gasteiger partial charge in [0.1, 0.15) is 0 Å². The Labute approximate surface area is 210 Å². The van der Waals surface area contributed by atoms with Crippen LogP contribution in [0.15, 0.2) is 85.1 Å². The highest BCUT2D eigenvalue weighted by Crippen LogP contribution is 2.43. The first kappa shape index (κ1) is 22.0. The Balaban J connectivity index is 1.28. The molecule has 2 aliphatic rings. The van der Waals surface area contributed by atoms with Crippen LogP contribution in [-0.2, 0) is 12.8 Å². The molecule has 0 amide bonds. The molecule has 35 heavy (non-hydrogen) atoms. The van der Waals surface area contributed by atoms with Crippen LogP contribution in [0.4, 0.5) is 5.95 Å². The summed E-state index contributed by atoms with van der Waals surface area (Å²) in [5.74, 6) is 0.704. The number of fused-ring (bicyclic) bond motifs is 4. The minimum absolute atomic E-state index is 0.00508. The molecule has 0 saturated carbocycles. The normalized spacial score (nSPS) is 16.6. The summed E-state index contributed by atoms with van der Waals surface area (Å²) in [6.07, 6.45) is 6.64. The van der Waals surface area contributed by atoms with Gasteiger partial charge in [-0.2, -0.15) is 0 Å². The Bertz CT molecular complexity index is 1430. The summed E-state index contributed by atoms with van der Waals surface area (Å²) in [6.45, 7) is 0.00508. The van der Waals surface area contributed by atoms with E-state index in [0.29, 0.717) is 5.95 Å². The lowest BCUT2D eigenvalue weighted by Crippen LogP contribution is -2.26. The molecule has 0 fully saturated rings. The second kappa shape index (κ2) is 9.29. The molecule has 1 aromatic heterocycles. The van der Waals surface area contributed by atoms with E-state index in [0.717, 1.165) is 46.7 Å². The Hall–Kier alpha value is -3.47. The molecular formula is C30H26ClN3O. The first-order valence-corrected chi connectivity index (χ1v) is 12.4. The Morgan fingerprint density at radius 2 is 1.66 bits per heavy atom. The zero-order valence-corrected chi connectivity index (χ0v) is 20.0. The van der Waals surface area contributed by atoms with Gasteiger partial charge in [0.05, 0.1) is 18.3 Å². The van der Waals surface area contributed by atoms with E-state index in [1.54, 1.807) is 0 Å². The fourth-order valence-corrected chi connectivity index (χ4v) is 5.67. The molecule has 0 radical (unpaired) electrons. The van der Waals surface area contributed by atoms with Gasteiger partial charge in [0.2, 0.25) is 5.95 Å². The number of hydrogen-bond acceptors (Lipinski definition) is 4. The van der Waals surface area contributed by atoms with Crippen molar-refractivity contribution in [2.24, 2.45) is 0 Å². The molecule has 2 aliphatic carbocycles. The molecule has 5 heteroatoms. The number of anilines is 1. The van der Waals surface area contributed by atoms with E-state index in [1.165, 1.54) is 22.3 Å². The van der Waals surface area contributed by atoms with Gasteiger partial charge in [0.15, 0.2) is 0 Å². The van der Waals surface area contributed by atoms with Gasteiger partial charge in [-0.3, -0.25) is 0 Å². The van der Waals surface area contributed by atoms with Crippen LogP contribution in [0.25, 0.3) is 16.8 Å². The highest BCUT2D eigenvalue weighted by Gasteiger charge is 2.29. The second-order valence-corrected chi connectivity index (χ2v) is 9.66. The zero-order valence-electron chi connectivity index (χ0n) is 19.3. The largest absolute Gasteiger partial charge is 0.394 e. The van der Waals surface area contributed by atoms with Gasteiger partial charge in [-0.05, 0) is 58.7 Å². The zero-order chi connectivity index (χ0) is 23.8. The smallest absolute Gasteiger partial charge is 0.223 e. The predicted octanol–water partition coefficient (Wildman–Crippen LogP) is 6.29. The van der Waals surface area contributed by atoms with E-state index in [2.05, 4.69) is 64.9 Å². The van der Waals surface area contributed by atoms with E-state index >= 15 is 0 Å². The lowest BCUT2D eigenvalue weighted by molar-refractivity contribution is 0.275. The van der Waals surface area contributed by atoms with Crippen molar-refractivity contribution in [2.45, 2.75) is 31.2 Å². The summed E-state index contributed by atoms with van der Waals surface area (Å²) in [7, 11) is 0. The maximum Gasteiger partial charge on any atom is 0.223 e. The number of hydrogen-bond donors (Lipinski definition) is 2. The van der Waals surface area contributed by atoms with Gasteiger partial charge in [-0.1, -0.05) is 84.4 Å². The minimum atomic E-state index is -0.167.